The monoisotopic (exact) mass is 363 g/mol. The first kappa shape index (κ1) is 17.0. The number of nitrogens with zero attached hydrogens (tertiary/aromatic N) is 2. The van der Waals surface area contributed by atoms with Gasteiger partial charge in [0.15, 0.2) is 5.60 Å². The third kappa shape index (κ3) is 3.88. The number of carbonyl (C=O) groups is 1. The maximum absolute atomic E-state index is 12.3. The molecule has 3 aliphatic rings. The smallest absolute Gasteiger partial charge is 0.269 e. The van der Waals surface area contributed by atoms with Crippen LogP contribution in [0.25, 0.3) is 0 Å². The van der Waals surface area contributed by atoms with Gasteiger partial charge in [-0.3, -0.25) is 9.69 Å². The van der Waals surface area contributed by atoms with Gasteiger partial charge in [0.1, 0.15) is 5.71 Å². The molecule has 1 N–H and O–H groups in total. The minimum atomic E-state index is -0.317. The van der Waals surface area contributed by atoms with E-state index in [1.807, 2.05) is 11.3 Å². The zero-order valence-electron chi connectivity index (χ0n) is 14.6. The van der Waals surface area contributed by atoms with Gasteiger partial charge in [0, 0.05) is 55.4 Å². The molecule has 7 heteroatoms. The Balaban J connectivity index is 1.26. The van der Waals surface area contributed by atoms with E-state index in [0.29, 0.717) is 18.7 Å². The van der Waals surface area contributed by atoms with E-state index in [9.17, 15) is 4.79 Å². The number of ether oxygens (including phenoxy) is 1. The summed E-state index contributed by atoms with van der Waals surface area (Å²) in [5.74, 6) is -0.111. The highest BCUT2D eigenvalue weighted by molar-refractivity contribution is 7.11. The van der Waals surface area contributed by atoms with E-state index in [1.165, 1.54) is 9.75 Å². The van der Waals surface area contributed by atoms with Gasteiger partial charge >= 0.3 is 0 Å². The third-order valence-corrected chi connectivity index (χ3v) is 6.17. The van der Waals surface area contributed by atoms with Crippen LogP contribution < -0.4 is 5.32 Å². The van der Waals surface area contributed by atoms with Gasteiger partial charge in [0.2, 0.25) is 0 Å². The number of carbonyl (C=O) groups excluding carboxylic acids is 1. The van der Waals surface area contributed by atoms with E-state index in [2.05, 4.69) is 34.4 Å². The Morgan fingerprint density at radius 2 is 2.44 bits per heavy atom. The zero-order valence-corrected chi connectivity index (χ0v) is 15.4. The second-order valence-corrected chi connectivity index (χ2v) is 8.68. The number of rotatable bonds is 5. The van der Waals surface area contributed by atoms with Gasteiger partial charge in [-0.2, -0.15) is 0 Å². The summed E-state index contributed by atoms with van der Waals surface area (Å²) in [5.41, 5.74) is 0.204. The van der Waals surface area contributed by atoms with E-state index >= 15 is 0 Å². The molecule has 0 aliphatic carbocycles. The topological polar surface area (TPSA) is 63.2 Å². The summed E-state index contributed by atoms with van der Waals surface area (Å²) in [6.45, 7) is 6.26. The summed E-state index contributed by atoms with van der Waals surface area (Å²) in [4.78, 5) is 23.2. The van der Waals surface area contributed by atoms with Crippen LogP contribution in [0.4, 0.5) is 0 Å². The first-order valence-electron chi connectivity index (χ1n) is 9.04. The zero-order chi connectivity index (χ0) is 17.3. The summed E-state index contributed by atoms with van der Waals surface area (Å²) < 4.78 is 5.54. The maximum Gasteiger partial charge on any atom is 0.269 e. The fraction of sp³-hybridized carbons (Fsp3) is 0.667. The molecule has 136 valence electrons. The number of likely N-dealkylation sites (tertiary alicyclic amines) is 1. The average molecular weight is 363 g/mol. The molecule has 1 spiro atoms. The SMILES string of the molecule is Cc1ccc(CN2CCC3(CC(C(=O)NCC4CCCO4)=NO3)C2)s1. The Kier molecular flexibility index (Phi) is 4.80. The van der Waals surface area contributed by atoms with E-state index in [-0.39, 0.29) is 17.6 Å². The van der Waals surface area contributed by atoms with Crippen LogP contribution in [0, 0.1) is 6.92 Å². The molecule has 2 fully saturated rings. The molecule has 25 heavy (non-hydrogen) atoms. The Bertz CT molecular complexity index is 668. The highest BCUT2D eigenvalue weighted by Crippen LogP contribution is 2.35. The van der Waals surface area contributed by atoms with Crippen LogP contribution in [0.1, 0.15) is 35.4 Å². The fourth-order valence-corrected chi connectivity index (χ4v) is 4.76. The van der Waals surface area contributed by atoms with Crippen molar-refractivity contribution in [3.8, 4) is 0 Å². The van der Waals surface area contributed by atoms with Crippen molar-refractivity contribution in [2.45, 2.75) is 50.9 Å². The van der Waals surface area contributed by atoms with Crippen LogP contribution in [0.3, 0.4) is 0 Å². The van der Waals surface area contributed by atoms with Crippen LogP contribution in [-0.2, 0) is 20.9 Å². The first-order chi connectivity index (χ1) is 12.1. The summed E-state index contributed by atoms with van der Waals surface area (Å²) >= 11 is 1.84. The lowest BCUT2D eigenvalue weighted by molar-refractivity contribution is -0.115. The molecule has 1 aromatic rings. The predicted octanol–water partition coefficient (Wildman–Crippen LogP) is 2.07. The maximum atomic E-state index is 12.3. The molecule has 1 aromatic heterocycles. The molecule has 0 radical (unpaired) electrons. The number of oxime groups is 1. The van der Waals surface area contributed by atoms with Crippen LogP contribution in [-0.4, -0.2) is 54.5 Å². The van der Waals surface area contributed by atoms with Crippen LogP contribution in [0.15, 0.2) is 17.3 Å². The molecule has 0 bridgehead atoms. The molecule has 4 rings (SSSR count). The quantitative estimate of drug-likeness (QED) is 0.870. The Morgan fingerprint density at radius 1 is 1.52 bits per heavy atom. The average Bonchev–Trinajstić information content (AvgIpc) is 3.37. The summed E-state index contributed by atoms with van der Waals surface area (Å²) in [7, 11) is 0. The lowest BCUT2D eigenvalue weighted by Crippen LogP contribution is -2.39. The molecule has 2 saturated heterocycles. The van der Waals surface area contributed by atoms with Gasteiger partial charge in [0.25, 0.3) is 5.91 Å². The van der Waals surface area contributed by atoms with Crippen molar-refractivity contribution >= 4 is 23.0 Å². The lowest BCUT2D eigenvalue weighted by atomic mass is 9.96. The van der Waals surface area contributed by atoms with Crippen molar-refractivity contribution in [2.24, 2.45) is 5.16 Å². The number of aryl methyl sites for hydroxylation is 1. The largest absolute Gasteiger partial charge is 0.387 e. The molecular formula is C18H25N3O3S. The molecular weight excluding hydrogens is 338 g/mol. The van der Waals surface area contributed by atoms with E-state index in [0.717, 1.165) is 45.5 Å². The number of nitrogens with one attached hydrogen (secondary N) is 1. The standard InChI is InChI=1S/C18H25N3O3S/c1-13-4-5-15(25-13)11-21-7-6-18(12-21)9-16(20-24-18)17(22)19-10-14-3-2-8-23-14/h4-5,14H,2-3,6-12H2,1H3,(H,19,22). The number of hydrogen-bond acceptors (Lipinski definition) is 6. The van der Waals surface area contributed by atoms with Crippen molar-refractivity contribution in [3.63, 3.8) is 0 Å². The molecule has 1 amide bonds. The van der Waals surface area contributed by atoms with Crippen molar-refractivity contribution in [1.82, 2.24) is 10.2 Å². The first-order valence-corrected chi connectivity index (χ1v) is 9.86. The van der Waals surface area contributed by atoms with Crippen LogP contribution in [0.2, 0.25) is 0 Å². The highest BCUT2D eigenvalue weighted by atomic mass is 32.1. The molecule has 6 nitrogen and oxygen atoms in total. The number of amides is 1. The number of hydrogen-bond donors (Lipinski definition) is 1. The second kappa shape index (κ2) is 7.05. The predicted molar refractivity (Wildman–Crippen MR) is 96.8 cm³/mol. The molecule has 0 saturated carbocycles. The normalized spacial score (nSPS) is 29.2. The van der Waals surface area contributed by atoms with Gasteiger partial charge in [-0.25, -0.2) is 0 Å². The fourth-order valence-electron chi connectivity index (χ4n) is 3.83. The van der Waals surface area contributed by atoms with Gasteiger partial charge in [0.05, 0.1) is 6.10 Å². The lowest BCUT2D eigenvalue weighted by Gasteiger charge is -2.21. The van der Waals surface area contributed by atoms with E-state index in [1.54, 1.807) is 0 Å². The van der Waals surface area contributed by atoms with E-state index in [4.69, 9.17) is 9.57 Å². The van der Waals surface area contributed by atoms with Gasteiger partial charge < -0.3 is 14.9 Å². The minimum Gasteiger partial charge on any atom is -0.387 e. The molecule has 2 unspecified atom stereocenters. The third-order valence-electron chi connectivity index (χ3n) is 5.19. The van der Waals surface area contributed by atoms with Gasteiger partial charge in [-0.1, -0.05) is 5.16 Å². The van der Waals surface area contributed by atoms with Crippen LogP contribution in [0.5, 0.6) is 0 Å². The van der Waals surface area contributed by atoms with Gasteiger partial charge in [-0.15, -0.1) is 11.3 Å². The Labute approximate surface area is 152 Å². The van der Waals surface area contributed by atoms with Crippen LogP contribution >= 0.6 is 11.3 Å². The highest BCUT2D eigenvalue weighted by Gasteiger charge is 2.46. The number of thiophene rings is 1. The molecule has 3 aliphatic heterocycles. The molecule has 0 aromatic carbocycles. The van der Waals surface area contributed by atoms with Crippen molar-refractivity contribution in [1.29, 1.82) is 0 Å². The second-order valence-electron chi connectivity index (χ2n) is 7.31. The Morgan fingerprint density at radius 3 is 3.20 bits per heavy atom. The minimum absolute atomic E-state index is 0.111. The Hall–Kier alpha value is -1.44. The van der Waals surface area contributed by atoms with Crippen molar-refractivity contribution in [2.75, 3.05) is 26.2 Å². The summed E-state index contributed by atoms with van der Waals surface area (Å²) in [6.07, 6.45) is 3.77. The van der Waals surface area contributed by atoms with Crippen molar-refractivity contribution in [3.05, 3.63) is 21.9 Å². The van der Waals surface area contributed by atoms with Crippen molar-refractivity contribution < 1.29 is 14.4 Å². The summed E-state index contributed by atoms with van der Waals surface area (Å²) in [5, 5.41) is 7.04. The van der Waals surface area contributed by atoms with E-state index < -0.39 is 0 Å². The molecule has 2 atom stereocenters. The molecule has 4 heterocycles. The van der Waals surface area contributed by atoms with Gasteiger partial charge in [-0.05, 0) is 31.9 Å². The summed E-state index contributed by atoms with van der Waals surface area (Å²) in [6, 6.07) is 4.36.